The van der Waals surface area contributed by atoms with Crippen molar-refractivity contribution in [1.29, 1.82) is 0 Å². The zero-order valence-corrected chi connectivity index (χ0v) is 12.5. The zero-order chi connectivity index (χ0) is 15.3. The van der Waals surface area contributed by atoms with Crippen molar-refractivity contribution in [2.75, 3.05) is 0 Å². The van der Waals surface area contributed by atoms with Crippen LogP contribution in [0.3, 0.4) is 0 Å². The van der Waals surface area contributed by atoms with Crippen molar-refractivity contribution in [1.82, 2.24) is 0 Å². The van der Waals surface area contributed by atoms with Gasteiger partial charge in [0, 0.05) is 6.04 Å². The number of nitrogens with two attached hydrogens (primary N) is 1. The number of hydrogen-bond donors (Lipinski definition) is 2. The molecule has 2 aromatic carbocycles. The van der Waals surface area contributed by atoms with E-state index in [9.17, 15) is 8.42 Å². The second-order valence-electron chi connectivity index (χ2n) is 5.11. The van der Waals surface area contributed by atoms with Gasteiger partial charge < -0.3 is 5.73 Å². The Hall–Kier alpha value is -1.69. The van der Waals surface area contributed by atoms with Crippen molar-refractivity contribution in [3.63, 3.8) is 0 Å². The summed E-state index contributed by atoms with van der Waals surface area (Å²) in [5.74, 6) is 0. The summed E-state index contributed by atoms with van der Waals surface area (Å²) in [6, 6.07) is 16.4. The van der Waals surface area contributed by atoms with E-state index in [1.165, 1.54) is 17.7 Å². The average Bonchev–Trinajstić information content (AvgIpc) is 2.46. The normalized spacial score (nSPS) is 13.0. The fourth-order valence-electron chi connectivity index (χ4n) is 2.20. The summed E-state index contributed by atoms with van der Waals surface area (Å²) in [7, 11) is -4.12. The first-order valence-corrected chi connectivity index (χ1v) is 8.25. The van der Waals surface area contributed by atoms with Gasteiger partial charge in [-0.25, -0.2) is 0 Å². The second-order valence-corrected chi connectivity index (χ2v) is 6.53. The highest BCUT2D eigenvalue weighted by Crippen LogP contribution is 2.13. The molecule has 2 rings (SSSR count). The Bertz CT molecular complexity index is 666. The zero-order valence-electron chi connectivity index (χ0n) is 11.6. The van der Waals surface area contributed by atoms with E-state index in [2.05, 4.69) is 12.1 Å². The molecule has 0 saturated heterocycles. The molecule has 0 aromatic heterocycles. The lowest BCUT2D eigenvalue weighted by atomic mass is 10.00. The van der Waals surface area contributed by atoms with E-state index >= 15 is 0 Å². The molecule has 0 radical (unpaired) electrons. The van der Waals surface area contributed by atoms with E-state index in [0.717, 1.165) is 24.8 Å². The molecule has 0 aliphatic rings. The van der Waals surface area contributed by atoms with Crippen molar-refractivity contribution in [2.24, 2.45) is 5.73 Å². The van der Waals surface area contributed by atoms with Crippen LogP contribution in [0, 0.1) is 0 Å². The third-order valence-electron chi connectivity index (χ3n) is 3.37. The lowest BCUT2D eigenvalue weighted by Gasteiger charge is -2.11. The minimum absolute atomic E-state index is 0.0636. The largest absolute Gasteiger partial charge is 0.327 e. The summed E-state index contributed by atoms with van der Waals surface area (Å²) in [6.45, 7) is 0. The monoisotopic (exact) mass is 305 g/mol. The minimum Gasteiger partial charge on any atom is -0.327 e. The number of hydrogen-bond acceptors (Lipinski definition) is 3. The van der Waals surface area contributed by atoms with Gasteiger partial charge in [0.15, 0.2) is 0 Å². The molecule has 4 nitrogen and oxygen atoms in total. The van der Waals surface area contributed by atoms with E-state index in [-0.39, 0.29) is 10.9 Å². The van der Waals surface area contributed by atoms with Crippen LogP contribution in [0.2, 0.25) is 0 Å². The molecule has 3 N–H and O–H groups in total. The second kappa shape index (κ2) is 6.85. The highest BCUT2D eigenvalue weighted by atomic mass is 32.2. The predicted molar refractivity (Wildman–Crippen MR) is 82.7 cm³/mol. The van der Waals surface area contributed by atoms with Crippen molar-refractivity contribution in [2.45, 2.75) is 30.2 Å². The molecule has 0 aliphatic carbocycles. The van der Waals surface area contributed by atoms with Gasteiger partial charge in [-0.05, 0) is 42.5 Å². The first-order valence-electron chi connectivity index (χ1n) is 6.81. The smallest absolute Gasteiger partial charge is 0.294 e. The van der Waals surface area contributed by atoms with Crippen LogP contribution in [0.25, 0.3) is 0 Å². The maximum Gasteiger partial charge on any atom is 0.294 e. The van der Waals surface area contributed by atoms with Crippen LogP contribution in [-0.2, 0) is 23.0 Å². The van der Waals surface area contributed by atoms with Crippen molar-refractivity contribution in [3.05, 3.63) is 65.7 Å². The molecule has 0 unspecified atom stereocenters. The van der Waals surface area contributed by atoms with Crippen LogP contribution in [0.1, 0.15) is 17.5 Å². The Kier molecular flexibility index (Phi) is 5.12. The molecule has 0 aliphatic heterocycles. The summed E-state index contributed by atoms with van der Waals surface area (Å²) in [5.41, 5.74) is 8.34. The molecule has 21 heavy (non-hydrogen) atoms. The first-order chi connectivity index (χ1) is 9.95. The topological polar surface area (TPSA) is 80.4 Å². The fraction of sp³-hybridized carbons (Fsp3) is 0.250. The van der Waals surface area contributed by atoms with Gasteiger partial charge in [-0.1, -0.05) is 42.5 Å². The van der Waals surface area contributed by atoms with Crippen LogP contribution in [0.4, 0.5) is 0 Å². The van der Waals surface area contributed by atoms with Gasteiger partial charge in [-0.2, -0.15) is 8.42 Å². The Morgan fingerprint density at radius 2 is 1.57 bits per heavy atom. The molecular formula is C16H19NO3S. The molecule has 0 saturated carbocycles. The predicted octanol–water partition coefficient (Wildman–Crippen LogP) is 2.44. The van der Waals surface area contributed by atoms with Crippen molar-refractivity contribution in [3.8, 4) is 0 Å². The van der Waals surface area contributed by atoms with E-state index in [4.69, 9.17) is 10.3 Å². The fourth-order valence-corrected chi connectivity index (χ4v) is 2.68. The maximum atomic E-state index is 10.9. The van der Waals surface area contributed by atoms with Crippen LogP contribution in [0.5, 0.6) is 0 Å². The van der Waals surface area contributed by atoms with E-state index in [1.807, 2.05) is 18.2 Å². The molecule has 0 spiro atoms. The van der Waals surface area contributed by atoms with Gasteiger partial charge in [-0.15, -0.1) is 0 Å². The van der Waals surface area contributed by atoms with Crippen LogP contribution < -0.4 is 5.73 Å². The van der Waals surface area contributed by atoms with Crippen molar-refractivity contribution >= 4 is 10.1 Å². The molecule has 0 fully saturated rings. The molecule has 112 valence electrons. The average molecular weight is 305 g/mol. The Morgan fingerprint density at radius 1 is 0.952 bits per heavy atom. The van der Waals surface area contributed by atoms with Crippen molar-refractivity contribution < 1.29 is 13.0 Å². The summed E-state index contributed by atoms with van der Waals surface area (Å²) in [5, 5.41) is 0. The summed E-state index contributed by atoms with van der Waals surface area (Å²) >= 11 is 0. The summed E-state index contributed by atoms with van der Waals surface area (Å²) < 4.78 is 30.8. The summed E-state index contributed by atoms with van der Waals surface area (Å²) in [6.07, 6.45) is 2.42. The van der Waals surface area contributed by atoms with Gasteiger partial charge in [0.2, 0.25) is 0 Å². The van der Waals surface area contributed by atoms with Crippen LogP contribution in [0.15, 0.2) is 59.5 Å². The number of aryl methyl sites for hydroxylation is 1. The Morgan fingerprint density at radius 3 is 2.14 bits per heavy atom. The minimum atomic E-state index is -4.12. The van der Waals surface area contributed by atoms with Gasteiger partial charge in [-0.3, -0.25) is 4.55 Å². The quantitative estimate of drug-likeness (QED) is 0.803. The number of benzene rings is 2. The van der Waals surface area contributed by atoms with E-state index < -0.39 is 10.1 Å². The third-order valence-corrected chi connectivity index (χ3v) is 4.23. The summed E-state index contributed by atoms with van der Waals surface area (Å²) in [4.78, 5) is -0.0835. The van der Waals surface area contributed by atoms with E-state index in [1.54, 1.807) is 12.1 Å². The third kappa shape index (κ3) is 4.97. The van der Waals surface area contributed by atoms with E-state index in [0.29, 0.717) is 0 Å². The first kappa shape index (κ1) is 15.7. The lowest BCUT2D eigenvalue weighted by molar-refractivity contribution is 0.483. The van der Waals surface area contributed by atoms with Crippen LogP contribution in [-0.4, -0.2) is 19.0 Å². The molecule has 1 atom stereocenters. The van der Waals surface area contributed by atoms with Crippen LogP contribution >= 0.6 is 0 Å². The highest BCUT2D eigenvalue weighted by molar-refractivity contribution is 7.85. The SMILES string of the molecule is N[C@H](CCc1ccc(S(=O)(=O)O)cc1)Cc1ccccc1. The maximum absolute atomic E-state index is 10.9. The lowest BCUT2D eigenvalue weighted by Crippen LogP contribution is -2.23. The van der Waals surface area contributed by atoms with Gasteiger partial charge in [0.25, 0.3) is 10.1 Å². The Balaban J connectivity index is 1.88. The molecule has 0 bridgehead atoms. The standard InChI is InChI=1S/C16H19NO3S/c17-15(12-14-4-2-1-3-5-14)9-6-13-7-10-16(11-8-13)21(18,19)20/h1-5,7-8,10-11,15H,6,9,12,17H2,(H,18,19,20)/t15-/m1/s1. The molecule has 2 aromatic rings. The van der Waals surface area contributed by atoms with Gasteiger partial charge in [0.05, 0.1) is 4.90 Å². The van der Waals surface area contributed by atoms with Gasteiger partial charge in [0.1, 0.15) is 0 Å². The molecular weight excluding hydrogens is 286 g/mol. The Labute approximate surface area is 125 Å². The number of rotatable bonds is 6. The highest BCUT2D eigenvalue weighted by Gasteiger charge is 2.09. The molecule has 0 heterocycles. The molecule has 5 heteroatoms. The van der Waals surface area contributed by atoms with Gasteiger partial charge >= 0.3 is 0 Å². The molecule has 0 amide bonds.